The van der Waals surface area contributed by atoms with E-state index in [1.807, 2.05) is 0 Å². The summed E-state index contributed by atoms with van der Waals surface area (Å²) < 4.78 is 12.0. The molecule has 3 nitrogen and oxygen atoms in total. The predicted octanol–water partition coefficient (Wildman–Crippen LogP) is 1.28. The minimum atomic E-state index is -0.186. The monoisotopic (exact) mass is 228 g/mol. The van der Waals surface area contributed by atoms with E-state index < -0.39 is 0 Å². The van der Waals surface area contributed by atoms with Crippen molar-refractivity contribution in [2.75, 3.05) is 19.7 Å². The van der Waals surface area contributed by atoms with E-state index in [2.05, 4.69) is 19.2 Å². The molecule has 0 aromatic heterocycles. The SMILES string of the molecule is CC(C)C[NH2+]C[C@@H]1COC2(CCCCC2)O1. The predicted molar refractivity (Wildman–Crippen MR) is 63.1 cm³/mol. The Morgan fingerprint density at radius 2 is 2.00 bits per heavy atom. The first-order valence-corrected chi connectivity index (χ1v) is 6.84. The summed E-state index contributed by atoms with van der Waals surface area (Å²) in [5, 5.41) is 2.36. The summed E-state index contributed by atoms with van der Waals surface area (Å²) in [5.74, 6) is 0.570. The first-order valence-electron chi connectivity index (χ1n) is 6.84. The summed E-state index contributed by atoms with van der Waals surface area (Å²) in [5.41, 5.74) is 0. The maximum Gasteiger partial charge on any atom is 0.169 e. The smallest absolute Gasteiger partial charge is 0.169 e. The van der Waals surface area contributed by atoms with Gasteiger partial charge in [-0.05, 0) is 12.8 Å². The average molecular weight is 228 g/mol. The van der Waals surface area contributed by atoms with Crippen LogP contribution in [0.1, 0.15) is 46.0 Å². The van der Waals surface area contributed by atoms with Crippen molar-refractivity contribution in [1.29, 1.82) is 0 Å². The molecule has 2 fully saturated rings. The molecule has 2 rings (SSSR count). The van der Waals surface area contributed by atoms with Gasteiger partial charge in [-0.15, -0.1) is 0 Å². The van der Waals surface area contributed by atoms with Crippen LogP contribution in [0.3, 0.4) is 0 Å². The van der Waals surface area contributed by atoms with Gasteiger partial charge in [0.1, 0.15) is 12.6 Å². The van der Waals surface area contributed by atoms with Crippen LogP contribution in [0.2, 0.25) is 0 Å². The van der Waals surface area contributed by atoms with Gasteiger partial charge in [-0.3, -0.25) is 0 Å². The van der Waals surface area contributed by atoms with Gasteiger partial charge >= 0.3 is 0 Å². The lowest BCUT2D eigenvalue weighted by molar-refractivity contribution is -0.665. The molecule has 2 N–H and O–H groups in total. The molecule has 1 aliphatic heterocycles. The highest BCUT2D eigenvalue weighted by Gasteiger charge is 2.42. The minimum absolute atomic E-state index is 0.186. The fourth-order valence-corrected chi connectivity index (χ4v) is 2.70. The molecule has 1 atom stereocenters. The van der Waals surface area contributed by atoms with Crippen molar-refractivity contribution >= 4 is 0 Å². The van der Waals surface area contributed by atoms with Gasteiger partial charge in [0.15, 0.2) is 5.79 Å². The molecular weight excluding hydrogens is 202 g/mol. The molecular formula is C13H26NO2+. The second-order valence-corrected chi connectivity index (χ2v) is 5.68. The van der Waals surface area contributed by atoms with Gasteiger partial charge in [0.05, 0.1) is 13.2 Å². The lowest BCUT2D eigenvalue weighted by Gasteiger charge is -2.31. The van der Waals surface area contributed by atoms with Gasteiger partial charge in [0.2, 0.25) is 0 Å². The Labute approximate surface area is 98.9 Å². The van der Waals surface area contributed by atoms with Crippen molar-refractivity contribution in [3.05, 3.63) is 0 Å². The molecule has 1 saturated heterocycles. The van der Waals surface area contributed by atoms with Crippen LogP contribution in [0.4, 0.5) is 0 Å². The maximum absolute atomic E-state index is 6.12. The van der Waals surface area contributed by atoms with E-state index >= 15 is 0 Å². The number of hydrogen-bond acceptors (Lipinski definition) is 2. The summed E-state index contributed by atoms with van der Waals surface area (Å²) in [6.45, 7) is 7.55. The third-order valence-electron chi connectivity index (χ3n) is 3.60. The number of ether oxygens (including phenoxy) is 2. The molecule has 94 valence electrons. The second-order valence-electron chi connectivity index (χ2n) is 5.68. The lowest BCUT2D eigenvalue weighted by Crippen LogP contribution is -2.87. The highest BCUT2D eigenvalue weighted by molar-refractivity contribution is 4.81. The first kappa shape index (κ1) is 12.3. The van der Waals surface area contributed by atoms with Crippen molar-refractivity contribution in [2.24, 2.45) is 5.92 Å². The Hall–Kier alpha value is -0.120. The van der Waals surface area contributed by atoms with Gasteiger partial charge in [-0.25, -0.2) is 0 Å². The van der Waals surface area contributed by atoms with Crippen molar-refractivity contribution < 1.29 is 14.8 Å². The van der Waals surface area contributed by atoms with E-state index in [1.165, 1.54) is 25.8 Å². The van der Waals surface area contributed by atoms with E-state index in [-0.39, 0.29) is 5.79 Å². The zero-order chi connectivity index (χ0) is 11.4. The molecule has 0 aromatic carbocycles. The van der Waals surface area contributed by atoms with Gasteiger partial charge in [-0.1, -0.05) is 20.3 Å². The molecule has 0 bridgehead atoms. The van der Waals surface area contributed by atoms with Crippen molar-refractivity contribution in [3.8, 4) is 0 Å². The van der Waals surface area contributed by atoms with Crippen molar-refractivity contribution in [1.82, 2.24) is 0 Å². The van der Waals surface area contributed by atoms with Crippen molar-refractivity contribution in [2.45, 2.75) is 57.8 Å². The highest BCUT2D eigenvalue weighted by Crippen LogP contribution is 2.37. The fraction of sp³-hybridized carbons (Fsp3) is 1.00. The largest absolute Gasteiger partial charge is 0.347 e. The quantitative estimate of drug-likeness (QED) is 0.787. The normalized spacial score (nSPS) is 29.1. The fourth-order valence-electron chi connectivity index (χ4n) is 2.70. The Morgan fingerprint density at radius 1 is 1.25 bits per heavy atom. The molecule has 3 heteroatoms. The number of quaternary nitrogens is 1. The molecule has 1 spiro atoms. The molecule has 0 amide bonds. The summed E-state index contributed by atoms with van der Waals surface area (Å²) in [7, 11) is 0. The third-order valence-corrected chi connectivity index (χ3v) is 3.60. The van der Waals surface area contributed by atoms with E-state index in [9.17, 15) is 0 Å². The third kappa shape index (κ3) is 3.19. The standard InChI is InChI=1S/C13H25NO2/c1-11(2)8-14-9-12-10-15-13(16-12)6-4-3-5-7-13/h11-12,14H,3-10H2,1-2H3/p+1/t12-/m1/s1. The Morgan fingerprint density at radius 3 is 2.69 bits per heavy atom. The van der Waals surface area contributed by atoms with Crippen LogP contribution in [-0.4, -0.2) is 31.6 Å². The molecule has 1 heterocycles. The Bertz CT molecular complexity index is 212. The van der Waals surface area contributed by atoms with Crippen LogP contribution >= 0.6 is 0 Å². The topological polar surface area (TPSA) is 35.1 Å². The number of nitrogens with two attached hydrogens (primary N) is 1. The Kier molecular flexibility index (Phi) is 4.22. The van der Waals surface area contributed by atoms with Crippen LogP contribution < -0.4 is 5.32 Å². The summed E-state index contributed by atoms with van der Waals surface area (Å²) in [6.07, 6.45) is 6.40. The van der Waals surface area contributed by atoms with E-state index in [0.29, 0.717) is 6.10 Å². The second kappa shape index (κ2) is 5.48. The molecule has 0 aromatic rings. The molecule has 0 unspecified atom stereocenters. The summed E-state index contributed by atoms with van der Waals surface area (Å²) in [4.78, 5) is 0. The van der Waals surface area contributed by atoms with Crippen LogP contribution in [-0.2, 0) is 9.47 Å². The minimum Gasteiger partial charge on any atom is -0.347 e. The maximum atomic E-state index is 6.12. The van der Waals surface area contributed by atoms with Crippen molar-refractivity contribution in [3.63, 3.8) is 0 Å². The first-order chi connectivity index (χ1) is 7.70. The van der Waals surface area contributed by atoms with Gasteiger partial charge in [-0.2, -0.15) is 0 Å². The van der Waals surface area contributed by atoms with E-state index in [1.54, 1.807) is 0 Å². The Balaban J connectivity index is 1.70. The number of rotatable bonds is 4. The molecule has 0 radical (unpaired) electrons. The molecule has 1 aliphatic carbocycles. The van der Waals surface area contributed by atoms with Crippen LogP contribution in [0.15, 0.2) is 0 Å². The van der Waals surface area contributed by atoms with E-state index in [0.717, 1.165) is 31.9 Å². The zero-order valence-electron chi connectivity index (χ0n) is 10.7. The average Bonchev–Trinajstić information content (AvgIpc) is 2.62. The van der Waals surface area contributed by atoms with Crippen LogP contribution in [0, 0.1) is 5.92 Å². The van der Waals surface area contributed by atoms with E-state index in [4.69, 9.17) is 9.47 Å². The molecule has 1 saturated carbocycles. The molecule has 2 aliphatic rings. The lowest BCUT2D eigenvalue weighted by atomic mass is 9.94. The molecule has 16 heavy (non-hydrogen) atoms. The summed E-state index contributed by atoms with van der Waals surface area (Å²) >= 11 is 0. The number of hydrogen-bond donors (Lipinski definition) is 1. The highest BCUT2D eigenvalue weighted by atomic mass is 16.7. The van der Waals surface area contributed by atoms with Gasteiger partial charge in [0.25, 0.3) is 0 Å². The van der Waals surface area contributed by atoms with Gasteiger partial charge in [0, 0.05) is 18.8 Å². The van der Waals surface area contributed by atoms with Gasteiger partial charge < -0.3 is 14.8 Å². The summed E-state index contributed by atoms with van der Waals surface area (Å²) in [6, 6.07) is 0. The van der Waals surface area contributed by atoms with Crippen LogP contribution in [0.25, 0.3) is 0 Å². The zero-order valence-corrected chi connectivity index (χ0v) is 10.7. The van der Waals surface area contributed by atoms with Crippen LogP contribution in [0.5, 0.6) is 0 Å².